The molecule has 1 aliphatic carbocycles. The van der Waals surface area contributed by atoms with Gasteiger partial charge in [-0.25, -0.2) is 0 Å². The Kier molecular flexibility index (Phi) is 4.85. The smallest absolute Gasteiger partial charge is 0.225 e. The van der Waals surface area contributed by atoms with Crippen LogP contribution >= 0.6 is 0 Å². The van der Waals surface area contributed by atoms with Gasteiger partial charge in [-0.2, -0.15) is 0 Å². The number of carbonyl (C=O) groups excluding carboxylic acids is 1. The Morgan fingerprint density at radius 2 is 1.68 bits per heavy atom. The van der Waals surface area contributed by atoms with Crippen molar-refractivity contribution in [1.29, 1.82) is 0 Å². The second-order valence-electron chi connectivity index (χ2n) is 6.75. The largest absolute Gasteiger partial charge is 0.389 e. The van der Waals surface area contributed by atoms with E-state index in [9.17, 15) is 9.90 Å². The van der Waals surface area contributed by atoms with Gasteiger partial charge >= 0.3 is 0 Å². The molecule has 1 amide bonds. The summed E-state index contributed by atoms with van der Waals surface area (Å²) in [5.74, 6) is 0.664. The maximum atomic E-state index is 12.4. The monoisotopic (exact) mass is 268 g/mol. The Morgan fingerprint density at radius 3 is 2.21 bits per heavy atom. The molecule has 0 atom stereocenters. The summed E-state index contributed by atoms with van der Waals surface area (Å²) < 4.78 is 0. The van der Waals surface area contributed by atoms with Crippen molar-refractivity contribution in [3.8, 4) is 0 Å². The summed E-state index contributed by atoms with van der Waals surface area (Å²) in [6, 6.07) is 0. The zero-order chi connectivity index (χ0) is 13.9. The molecule has 2 rings (SSSR count). The number of β-amino-alcohol motifs (C(OH)–C–C–N with tert-alkyl or cyclic N) is 1. The highest BCUT2D eigenvalue weighted by molar-refractivity contribution is 5.79. The van der Waals surface area contributed by atoms with Crippen LogP contribution in [0.15, 0.2) is 0 Å². The third kappa shape index (κ3) is 4.46. The number of amides is 1. The molecular weight excluding hydrogens is 240 g/mol. The second kappa shape index (κ2) is 6.23. The number of hydrogen-bond donors (Lipinski definition) is 1. The molecule has 19 heavy (non-hydrogen) atoms. The van der Waals surface area contributed by atoms with Crippen LogP contribution in [0, 0.1) is 5.92 Å². The number of piperazine rings is 1. The van der Waals surface area contributed by atoms with Gasteiger partial charge in [0.2, 0.25) is 5.91 Å². The normalized spacial score (nSPS) is 23.6. The Bertz CT molecular complexity index is 298. The van der Waals surface area contributed by atoms with Gasteiger partial charge in [-0.15, -0.1) is 0 Å². The third-order valence-electron chi connectivity index (χ3n) is 4.25. The molecule has 2 aliphatic rings. The Morgan fingerprint density at radius 1 is 1.11 bits per heavy atom. The summed E-state index contributed by atoms with van der Waals surface area (Å²) >= 11 is 0. The van der Waals surface area contributed by atoms with Crippen LogP contribution in [0.3, 0.4) is 0 Å². The lowest BCUT2D eigenvalue weighted by atomic mass is 9.88. The van der Waals surface area contributed by atoms with Gasteiger partial charge in [-0.05, 0) is 26.7 Å². The molecule has 0 bridgehead atoms. The minimum atomic E-state index is -0.643. The molecule has 4 nitrogen and oxygen atoms in total. The Labute approximate surface area is 116 Å². The van der Waals surface area contributed by atoms with Gasteiger partial charge in [0.15, 0.2) is 0 Å². The highest BCUT2D eigenvalue weighted by Gasteiger charge is 2.29. The standard InChI is InChI=1S/C15H28N2O2/c1-15(2,19)12-16-8-10-17(11-9-16)14(18)13-6-4-3-5-7-13/h13,19H,3-12H2,1-2H3. The quantitative estimate of drug-likeness (QED) is 0.843. The predicted molar refractivity (Wildman–Crippen MR) is 75.9 cm³/mol. The van der Waals surface area contributed by atoms with Gasteiger partial charge < -0.3 is 10.0 Å². The summed E-state index contributed by atoms with van der Waals surface area (Å²) in [5, 5.41) is 9.83. The summed E-state index contributed by atoms with van der Waals surface area (Å²) in [5.41, 5.74) is -0.643. The summed E-state index contributed by atoms with van der Waals surface area (Å²) in [6.45, 7) is 7.80. The van der Waals surface area contributed by atoms with Crippen molar-refractivity contribution < 1.29 is 9.90 Å². The minimum absolute atomic E-state index is 0.287. The average Bonchev–Trinajstić information content (AvgIpc) is 2.38. The van der Waals surface area contributed by atoms with Crippen molar-refractivity contribution in [2.24, 2.45) is 5.92 Å². The molecular formula is C15H28N2O2. The van der Waals surface area contributed by atoms with Gasteiger partial charge in [0.05, 0.1) is 5.60 Å². The predicted octanol–water partition coefficient (Wildman–Crippen LogP) is 1.48. The van der Waals surface area contributed by atoms with Gasteiger partial charge in [-0.3, -0.25) is 9.69 Å². The molecule has 1 saturated heterocycles. The molecule has 1 heterocycles. The first-order chi connectivity index (χ1) is 8.96. The van der Waals surface area contributed by atoms with Crippen LogP contribution in [0.25, 0.3) is 0 Å². The van der Waals surface area contributed by atoms with Crippen LogP contribution in [0.5, 0.6) is 0 Å². The van der Waals surface area contributed by atoms with Gasteiger partial charge in [0.1, 0.15) is 0 Å². The first kappa shape index (κ1) is 14.8. The SMILES string of the molecule is CC(C)(O)CN1CCN(C(=O)C2CCCCC2)CC1. The molecule has 110 valence electrons. The van der Waals surface area contributed by atoms with E-state index in [2.05, 4.69) is 4.90 Å². The maximum Gasteiger partial charge on any atom is 0.225 e. The van der Waals surface area contributed by atoms with Crippen molar-refractivity contribution in [1.82, 2.24) is 9.80 Å². The molecule has 1 saturated carbocycles. The van der Waals surface area contributed by atoms with Crippen molar-refractivity contribution >= 4 is 5.91 Å². The second-order valence-corrected chi connectivity index (χ2v) is 6.75. The van der Waals surface area contributed by atoms with E-state index in [4.69, 9.17) is 0 Å². The van der Waals surface area contributed by atoms with Crippen molar-refractivity contribution in [2.75, 3.05) is 32.7 Å². The lowest BCUT2D eigenvalue weighted by Crippen LogP contribution is -2.53. The number of nitrogens with zero attached hydrogens (tertiary/aromatic N) is 2. The van der Waals surface area contributed by atoms with E-state index in [0.717, 1.165) is 39.0 Å². The molecule has 0 aromatic rings. The topological polar surface area (TPSA) is 43.8 Å². The van der Waals surface area contributed by atoms with E-state index in [1.807, 2.05) is 18.7 Å². The lowest BCUT2D eigenvalue weighted by Gasteiger charge is -2.39. The molecule has 1 aliphatic heterocycles. The summed E-state index contributed by atoms with van der Waals surface area (Å²) in [6.07, 6.45) is 5.90. The summed E-state index contributed by atoms with van der Waals surface area (Å²) in [7, 11) is 0. The van der Waals surface area contributed by atoms with Gasteiger partial charge in [-0.1, -0.05) is 19.3 Å². The van der Waals surface area contributed by atoms with Crippen molar-refractivity contribution in [3.05, 3.63) is 0 Å². The highest BCUT2D eigenvalue weighted by Crippen LogP contribution is 2.25. The number of carbonyl (C=O) groups is 1. The molecule has 2 fully saturated rings. The summed E-state index contributed by atoms with van der Waals surface area (Å²) in [4.78, 5) is 16.7. The first-order valence-corrected chi connectivity index (χ1v) is 7.69. The Hall–Kier alpha value is -0.610. The third-order valence-corrected chi connectivity index (χ3v) is 4.25. The maximum absolute atomic E-state index is 12.4. The minimum Gasteiger partial charge on any atom is -0.389 e. The van der Waals surface area contributed by atoms with Crippen LogP contribution in [0.2, 0.25) is 0 Å². The van der Waals surface area contributed by atoms with Gasteiger partial charge in [0.25, 0.3) is 0 Å². The zero-order valence-electron chi connectivity index (χ0n) is 12.4. The van der Waals surface area contributed by atoms with Crippen molar-refractivity contribution in [2.45, 2.75) is 51.6 Å². The first-order valence-electron chi connectivity index (χ1n) is 7.69. The van der Waals surface area contributed by atoms with E-state index >= 15 is 0 Å². The van der Waals surface area contributed by atoms with Crippen LogP contribution in [-0.2, 0) is 4.79 Å². The van der Waals surface area contributed by atoms with E-state index in [-0.39, 0.29) is 5.92 Å². The van der Waals surface area contributed by atoms with Gasteiger partial charge in [0, 0.05) is 38.6 Å². The van der Waals surface area contributed by atoms with Crippen LogP contribution in [-0.4, -0.2) is 59.1 Å². The number of aliphatic hydroxyl groups is 1. The number of hydrogen-bond acceptors (Lipinski definition) is 3. The fourth-order valence-corrected chi connectivity index (χ4v) is 3.28. The van der Waals surface area contributed by atoms with E-state index in [1.54, 1.807) is 0 Å². The fraction of sp³-hybridized carbons (Fsp3) is 0.933. The average molecular weight is 268 g/mol. The fourth-order valence-electron chi connectivity index (χ4n) is 3.28. The van der Waals surface area contributed by atoms with E-state index < -0.39 is 5.60 Å². The molecule has 0 aromatic heterocycles. The Balaban J connectivity index is 1.77. The molecule has 1 N–H and O–H groups in total. The van der Waals surface area contributed by atoms with Crippen LogP contribution in [0.1, 0.15) is 46.0 Å². The molecule has 0 radical (unpaired) electrons. The highest BCUT2D eigenvalue weighted by atomic mass is 16.3. The number of rotatable bonds is 3. The zero-order valence-corrected chi connectivity index (χ0v) is 12.4. The molecule has 0 spiro atoms. The molecule has 0 unspecified atom stereocenters. The molecule has 0 aromatic carbocycles. The van der Waals surface area contributed by atoms with E-state index in [1.165, 1.54) is 19.3 Å². The van der Waals surface area contributed by atoms with Crippen LogP contribution < -0.4 is 0 Å². The van der Waals surface area contributed by atoms with E-state index in [0.29, 0.717) is 12.5 Å². The molecule has 4 heteroatoms. The lowest BCUT2D eigenvalue weighted by molar-refractivity contribution is -0.138. The van der Waals surface area contributed by atoms with Crippen LogP contribution in [0.4, 0.5) is 0 Å². The van der Waals surface area contributed by atoms with Crippen molar-refractivity contribution in [3.63, 3.8) is 0 Å².